The van der Waals surface area contributed by atoms with E-state index in [-0.39, 0.29) is 5.54 Å². The molecular formula is C8H17N. The van der Waals surface area contributed by atoms with Gasteiger partial charge in [0.05, 0.1) is 0 Å². The Kier molecular flexibility index (Phi) is 1.35. The van der Waals surface area contributed by atoms with Crippen molar-refractivity contribution in [1.82, 2.24) is 0 Å². The second-order valence-corrected chi connectivity index (χ2v) is 4.26. The summed E-state index contributed by atoms with van der Waals surface area (Å²) in [4.78, 5) is 0. The van der Waals surface area contributed by atoms with Gasteiger partial charge in [0.15, 0.2) is 0 Å². The molecule has 0 atom stereocenters. The molecule has 9 heavy (non-hydrogen) atoms. The van der Waals surface area contributed by atoms with Crippen LogP contribution in [-0.4, -0.2) is 5.54 Å². The van der Waals surface area contributed by atoms with Crippen LogP contribution in [0.15, 0.2) is 0 Å². The Morgan fingerprint density at radius 2 is 1.67 bits per heavy atom. The monoisotopic (exact) mass is 127 g/mol. The fourth-order valence-corrected chi connectivity index (χ4v) is 1.31. The third-order valence-electron chi connectivity index (χ3n) is 2.74. The summed E-state index contributed by atoms with van der Waals surface area (Å²) in [6.07, 6.45) is 3.76. The molecule has 54 valence electrons. The van der Waals surface area contributed by atoms with E-state index in [0.29, 0.717) is 5.41 Å². The molecule has 1 aliphatic carbocycles. The van der Waals surface area contributed by atoms with Crippen molar-refractivity contribution in [3.05, 3.63) is 0 Å². The van der Waals surface area contributed by atoms with Gasteiger partial charge in [0.1, 0.15) is 0 Å². The summed E-state index contributed by atoms with van der Waals surface area (Å²) >= 11 is 0. The lowest BCUT2D eigenvalue weighted by molar-refractivity contribution is 0.0939. The Morgan fingerprint density at radius 1 is 1.22 bits per heavy atom. The average molecular weight is 127 g/mol. The van der Waals surface area contributed by atoms with E-state index < -0.39 is 0 Å². The van der Waals surface area contributed by atoms with Crippen molar-refractivity contribution in [3.63, 3.8) is 0 Å². The maximum absolute atomic E-state index is 6.08. The lowest BCUT2D eigenvalue weighted by Crippen LogP contribution is -2.56. The van der Waals surface area contributed by atoms with E-state index >= 15 is 0 Å². The Bertz CT molecular complexity index is 106. The molecule has 0 unspecified atom stereocenters. The summed E-state index contributed by atoms with van der Waals surface area (Å²) < 4.78 is 0. The van der Waals surface area contributed by atoms with Crippen molar-refractivity contribution >= 4 is 0 Å². The van der Waals surface area contributed by atoms with Crippen LogP contribution in [0, 0.1) is 5.41 Å². The molecule has 0 aromatic heterocycles. The number of nitrogens with two attached hydrogens (primary N) is 1. The van der Waals surface area contributed by atoms with Gasteiger partial charge in [0.2, 0.25) is 0 Å². The van der Waals surface area contributed by atoms with Gasteiger partial charge in [-0.25, -0.2) is 0 Å². The molecular weight excluding hydrogens is 110 g/mol. The van der Waals surface area contributed by atoms with Crippen molar-refractivity contribution < 1.29 is 0 Å². The SMILES string of the molecule is CC(C)(C)C1(N)CCC1. The minimum atomic E-state index is 0.160. The van der Waals surface area contributed by atoms with Crippen LogP contribution in [0.3, 0.4) is 0 Å². The van der Waals surface area contributed by atoms with Crippen molar-refractivity contribution in [1.29, 1.82) is 0 Å². The van der Waals surface area contributed by atoms with Gasteiger partial charge in [-0.1, -0.05) is 20.8 Å². The molecule has 0 saturated heterocycles. The molecule has 0 spiro atoms. The highest BCUT2D eigenvalue weighted by molar-refractivity contribution is 5.01. The van der Waals surface area contributed by atoms with Gasteiger partial charge in [-0.15, -0.1) is 0 Å². The first-order chi connectivity index (χ1) is 3.96. The third-order valence-corrected chi connectivity index (χ3v) is 2.74. The maximum atomic E-state index is 6.08. The second-order valence-electron chi connectivity index (χ2n) is 4.26. The molecule has 0 aromatic carbocycles. The predicted molar refractivity (Wildman–Crippen MR) is 40.2 cm³/mol. The normalized spacial score (nSPS) is 25.3. The van der Waals surface area contributed by atoms with Gasteiger partial charge in [-0.3, -0.25) is 0 Å². The maximum Gasteiger partial charge on any atom is 0.0203 e. The summed E-state index contributed by atoms with van der Waals surface area (Å²) in [6, 6.07) is 0. The van der Waals surface area contributed by atoms with Crippen LogP contribution < -0.4 is 5.73 Å². The summed E-state index contributed by atoms with van der Waals surface area (Å²) in [5.74, 6) is 0. The molecule has 2 N–H and O–H groups in total. The quantitative estimate of drug-likeness (QED) is 0.528. The average Bonchev–Trinajstić information content (AvgIpc) is 1.57. The Morgan fingerprint density at radius 3 is 1.67 bits per heavy atom. The van der Waals surface area contributed by atoms with Gasteiger partial charge in [0.25, 0.3) is 0 Å². The van der Waals surface area contributed by atoms with E-state index in [2.05, 4.69) is 20.8 Å². The number of hydrogen-bond donors (Lipinski definition) is 1. The first-order valence-electron chi connectivity index (χ1n) is 3.75. The highest BCUT2D eigenvalue weighted by Crippen LogP contribution is 2.43. The minimum Gasteiger partial charge on any atom is -0.325 e. The zero-order chi connectivity index (χ0) is 7.12. The second kappa shape index (κ2) is 1.72. The lowest BCUT2D eigenvalue weighted by atomic mass is 9.62. The highest BCUT2D eigenvalue weighted by Gasteiger charge is 2.42. The Balaban J connectivity index is 2.59. The summed E-state index contributed by atoms with van der Waals surface area (Å²) in [7, 11) is 0. The molecule has 0 aromatic rings. The van der Waals surface area contributed by atoms with Crippen LogP contribution in [0.5, 0.6) is 0 Å². The topological polar surface area (TPSA) is 26.0 Å². The van der Waals surface area contributed by atoms with E-state index in [0.717, 1.165) is 0 Å². The van der Waals surface area contributed by atoms with E-state index in [1.165, 1.54) is 19.3 Å². The van der Waals surface area contributed by atoms with Crippen molar-refractivity contribution in [2.45, 2.75) is 45.6 Å². The van der Waals surface area contributed by atoms with E-state index in [1.807, 2.05) is 0 Å². The Hall–Kier alpha value is -0.0400. The van der Waals surface area contributed by atoms with Crippen molar-refractivity contribution in [3.8, 4) is 0 Å². The van der Waals surface area contributed by atoms with Crippen LogP contribution in [0.4, 0.5) is 0 Å². The molecule has 1 saturated carbocycles. The number of hydrogen-bond acceptors (Lipinski definition) is 1. The summed E-state index contributed by atoms with van der Waals surface area (Å²) in [5, 5.41) is 0. The van der Waals surface area contributed by atoms with E-state index in [4.69, 9.17) is 5.73 Å². The lowest BCUT2D eigenvalue weighted by Gasteiger charge is -2.48. The summed E-state index contributed by atoms with van der Waals surface area (Å²) in [6.45, 7) is 6.68. The van der Waals surface area contributed by atoms with Crippen molar-refractivity contribution in [2.24, 2.45) is 11.1 Å². The number of rotatable bonds is 0. The first kappa shape index (κ1) is 7.07. The molecule has 0 radical (unpaired) electrons. The van der Waals surface area contributed by atoms with Gasteiger partial charge < -0.3 is 5.73 Å². The van der Waals surface area contributed by atoms with Crippen molar-refractivity contribution in [2.75, 3.05) is 0 Å². The van der Waals surface area contributed by atoms with Crippen LogP contribution in [0.2, 0.25) is 0 Å². The fraction of sp³-hybridized carbons (Fsp3) is 1.00. The van der Waals surface area contributed by atoms with Crippen LogP contribution in [-0.2, 0) is 0 Å². The van der Waals surface area contributed by atoms with Crippen LogP contribution >= 0.6 is 0 Å². The Labute approximate surface area is 57.6 Å². The first-order valence-corrected chi connectivity index (χ1v) is 3.75. The molecule has 1 fully saturated rings. The van der Waals surface area contributed by atoms with Gasteiger partial charge >= 0.3 is 0 Å². The molecule has 0 heterocycles. The van der Waals surface area contributed by atoms with Gasteiger partial charge in [-0.2, -0.15) is 0 Å². The molecule has 1 aliphatic rings. The zero-order valence-electron chi connectivity index (χ0n) is 6.70. The van der Waals surface area contributed by atoms with E-state index in [1.54, 1.807) is 0 Å². The molecule has 1 heteroatoms. The smallest absolute Gasteiger partial charge is 0.0203 e. The standard InChI is InChI=1S/C8H17N/c1-7(2,3)8(9)5-4-6-8/h4-6,9H2,1-3H3. The zero-order valence-corrected chi connectivity index (χ0v) is 6.70. The van der Waals surface area contributed by atoms with Gasteiger partial charge in [0, 0.05) is 5.54 Å². The predicted octanol–water partition coefficient (Wildman–Crippen LogP) is 1.91. The van der Waals surface area contributed by atoms with Gasteiger partial charge in [-0.05, 0) is 24.7 Å². The molecule has 1 rings (SSSR count). The van der Waals surface area contributed by atoms with Crippen LogP contribution in [0.1, 0.15) is 40.0 Å². The third kappa shape index (κ3) is 0.983. The fourth-order valence-electron chi connectivity index (χ4n) is 1.31. The largest absolute Gasteiger partial charge is 0.325 e. The molecule has 0 aliphatic heterocycles. The minimum absolute atomic E-state index is 0.160. The van der Waals surface area contributed by atoms with Crippen LogP contribution in [0.25, 0.3) is 0 Å². The van der Waals surface area contributed by atoms with E-state index in [9.17, 15) is 0 Å². The molecule has 0 bridgehead atoms. The molecule has 0 amide bonds. The molecule has 1 nitrogen and oxygen atoms in total. The highest BCUT2D eigenvalue weighted by atomic mass is 14.8. The summed E-state index contributed by atoms with van der Waals surface area (Å²) in [5.41, 5.74) is 6.55.